The summed E-state index contributed by atoms with van der Waals surface area (Å²) in [5, 5.41) is 4.06. The van der Waals surface area contributed by atoms with Gasteiger partial charge in [-0.3, -0.25) is 14.3 Å². The monoisotopic (exact) mass is 507 g/mol. The summed E-state index contributed by atoms with van der Waals surface area (Å²) in [5.74, 6) is 0.418. The van der Waals surface area contributed by atoms with Gasteiger partial charge < -0.3 is 20.5 Å². The van der Waals surface area contributed by atoms with Gasteiger partial charge in [-0.2, -0.15) is 4.98 Å². The summed E-state index contributed by atoms with van der Waals surface area (Å²) in [7, 11) is 1.73. The van der Waals surface area contributed by atoms with Gasteiger partial charge in [-0.1, -0.05) is 23.7 Å². The number of hydrogen-bond donors (Lipinski definition) is 2. The van der Waals surface area contributed by atoms with Gasteiger partial charge in [0.1, 0.15) is 5.65 Å². The minimum absolute atomic E-state index is 0.144. The Bertz CT molecular complexity index is 1470. The number of nitrogens with one attached hydrogen (secondary N) is 1. The zero-order valence-corrected chi connectivity index (χ0v) is 20.7. The van der Waals surface area contributed by atoms with Crippen LogP contribution in [-0.2, 0) is 16.0 Å². The summed E-state index contributed by atoms with van der Waals surface area (Å²) >= 11 is 6.70. The van der Waals surface area contributed by atoms with E-state index in [9.17, 15) is 4.79 Å². The van der Waals surface area contributed by atoms with E-state index in [2.05, 4.69) is 25.3 Å². The van der Waals surface area contributed by atoms with Crippen LogP contribution in [-0.4, -0.2) is 57.1 Å². The number of pyridine rings is 1. The Labute approximate surface area is 212 Å². The molecule has 1 aliphatic rings. The second-order valence-electron chi connectivity index (χ2n) is 8.62. The molecule has 0 aliphatic carbocycles. The standard InChI is InChI=1S/C25H26ClN7O3/c1-14-9-29-11-21(31-14)15-3-4-18(20(26)8-15)19-7-16-10-30-25(28-2)32-23(16)33(24(19)34)6-5-22-35-12-17(27)13-36-22/h3-4,7-11,17,22H,5-6,12-13,27H2,1-2H3,(H,28,30,32)/t17-,22+. The van der Waals surface area contributed by atoms with Crippen LogP contribution in [0.4, 0.5) is 5.95 Å². The first kappa shape index (κ1) is 24.3. The highest BCUT2D eigenvalue weighted by molar-refractivity contribution is 6.33. The smallest absolute Gasteiger partial charge is 0.260 e. The van der Waals surface area contributed by atoms with Gasteiger partial charge in [-0.05, 0) is 19.1 Å². The molecule has 186 valence electrons. The Morgan fingerprint density at radius 3 is 2.67 bits per heavy atom. The molecule has 36 heavy (non-hydrogen) atoms. The fraction of sp³-hybridized carbons (Fsp3) is 0.320. The second-order valence-corrected chi connectivity index (χ2v) is 9.03. The third-order valence-electron chi connectivity index (χ3n) is 5.94. The first-order valence-electron chi connectivity index (χ1n) is 11.6. The number of benzene rings is 1. The quantitative estimate of drug-likeness (QED) is 0.404. The number of aromatic nitrogens is 5. The Balaban J connectivity index is 1.56. The molecule has 1 saturated heterocycles. The molecule has 0 unspecified atom stereocenters. The maximum Gasteiger partial charge on any atom is 0.260 e. The molecule has 10 nitrogen and oxygen atoms in total. The summed E-state index contributed by atoms with van der Waals surface area (Å²) < 4.78 is 12.9. The van der Waals surface area contributed by atoms with Crippen LogP contribution in [0.25, 0.3) is 33.4 Å². The molecule has 4 aromatic rings. The van der Waals surface area contributed by atoms with E-state index in [-0.39, 0.29) is 11.6 Å². The van der Waals surface area contributed by atoms with Crippen LogP contribution in [0.1, 0.15) is 12.1 Å². The Hall–Kier alpha value is -3.44. The maximum atomic E-state index is 13.8. The lowest BCUT2D eigenvalue weighted by molar-refractivity contribution is -0.189. The van der Waals surface area contributed by atoms with Crippen molar-refractivity contribution in [3.63, 3.8) is 0 Å². The lowest BCUT2D eigenvalue weighted by Gasteiger charge is -2.27. The van der Waals surface area contributed by atoms with Gasteiger partial charge in [-0.15, -0.1) is 0 Å². The highest BCUT2D eigenvalue weighted by Crippen LogP contribution is 2.31. The van der Waals surface area contributed by atoms with E-state index in [1.807, 2.05) is 19.1 Å². The van der Waals surface area contributed by atoms with Gasteiger partial charge in [0.25, 0.3) is 5.56 Å². The van der Waals surface area contributed by atoms with E-state index in [0.29, 0.717) is 65.0 Å². The van der Waals surface area contributed by atoms with Crippen molar-refractivity contribution in [2.24, 2.45) is 5.73 Å². The second kappa shape index (κ2) is 10.3. The van der Waals surface area contributed by atoms with Crippen LogP contribution >= 0.6 is 11.6 Å². The minimum atomic E-state index is -0.445. The number of fused-ring (bicyclic) bond motifs is 1. The highest BCUT2D eigenvalue weighted by atomic mass is 35.5. The summed E-state index contributed by atoms with van der Waals surface area (Å²) in [6.45, 7) is 3.04. The molecule has 1 aromatic carbocycles. The molecular weight excluding hydrogens is 482 g/mol. The van der Waals surface area contributed by atoms with Crippen LogP contribution in [0.3, 0.4) is 0 Å². The molecule has 5 rings (SSSR count). The van der Waals surface area contributed by atoms with Crippen LogP contribution in [0.2, 0.25) is 5.02 Å². The topological polar surface area (TPSA) is 130 Å². The number of rotatable bonds is 6. The average molecular weight is 508 g/mol. The van der Waals surface area contributed by atoms with Crippen molar-refractivity contribution in [1.29, 1.82) is 0 Å². The maximum absolute atomic E-state index is 13.8. The first-order valence-corrected chi connectivity index (χ1v) is 12.0. The van der Waals surface area contributed by atoms with Gasteiger partial charge >= 0.3 is 0 Å². The molecule has 0 radical (unpaired) electrons. The zero-order chi connectivity index (χ0) is 25.2. The predicted octanol–water partition coefficient (Wildman–Crippen LogP) is 3.01. The lowest BCUT2D eigenvalue weighted by Crippen LogP contribution is -2.41. The SMILES string of the molecule is CNc1ncc2cc(-c3ccc(-c4cncc(C)n4)cc3Cl)c(=O)n(CC[C@H]3OC[C@@H](N)CO3)c2n1. The van der Waals surface area contributed by atoms with Gasteiger partial charge in [0, 0.05) is 59.5 Å². The first-order chi connectivity index (χ1) is 17.4. The minimum Gasteiger partial charge on any atom is -0.357 e. The number of anilines is 1. The van der Waals surface area contributed by atoms with Crippen molar-refractivity contribution in [1.82, 2.24) is 24.5 Å². The van der Waals surface area contributed by atoms with Crippen molar-refractivity contribution in [3.05, 3.63) is 63.9 Å². The van der Waals surface area contributed by atoms with Gasteiger partial charge in [0.05, 0.1) is 36.8 Å². The molecule has 0 amide bonds. The summed E-state index contributed by atoms with van der Waals surface area (Å²) in [6.07, 6.45) is 5.07. The van der Waals surface area contributed by atoms with Crippen molar-refractivity contribution in [2.45, 2.75) is 32.2 Å². The molecule has 0 saturated carbocycles. The highest BCUT2D eigenvalue weighted by Gasteiger charge is 2.21. The number of halogens is 1. The number of nitrogens with two attached hydrogens (primary N) is 1. The molecule has 3 N–H and O–H groups in total. The zero-order valence-electron chi connectivity index (χ0n) is 19.9. The number of ether oxygens (including phenoxy) is 2. The third-order valence-corrected chi connectivity index (χ3v) is 6.25. The molecule has 11 heteroatoms. The Morgan fingerprint density at radius 1 is 1.14 bits per heavy atom. The summed E-state index contributed by atoms with van der Waals surface area (Å²) in [6, 6.07) is 7.13. The van der Waals surface area contributed by atoms with E-state index in [1.54, 1.807) is 42.3 Å². The van der Waals surface area contributed by atoms with Crippen molar-refractivity contribution in [3.8, 4) is 22.4 Å². The van der Waals surface area contributed by atoms with E-state index < -0.39 is 6.29 Å². The molecule has 1 aliphatic heterocycles. The lowest BCUT2D eigenvalue weighted by atomic mass is 10.0. The van der Waals surface area contributed by atoms with Crippen molar-refractivity contribution < 1.29 is 9.47 Å². The summed E-state index contributed by atoms with van der Waals surface area (Å²) in [4.78, 5) is 31.3. The van der Waals surface area contributed by atoms with E-state index in [0.717, 1.165) is 11.3 Å². The predicted molar refractivity (Wildman–Crippen MR) is 138 cm³/mol. The third kappa shape index (κ3) is 4.93. The molecule has 0 spiro atoms. The van der Waals surface area contributed by atoms with Gasteiger partial charge in [0.2, 0.25) is 5.95 Å². The van der Waals surface area contributed by atoms with E-state index in [1.165, 1.54) is 0 Å². The Morgan fingerprint density at radius 2 is 1.94 bits per heavy atom. The van der Waals surface area contributed by atoms with Crippen molar-refractivity contribution >= 4 is 28.6 Å². The number of aryl methyl sites for hydroxylation is 2. The molecular formula is C25H26ClN7O3. The number of hydrogen-bond acceptors (Lipinski definition) is 9. The average Bonchev–Trinajstić information content (AvgIpc) is 2.88. The van der Waals surface area contributed by atoms with E-state index in [4.69, 9.17) is 26.8 Å². The molecule has 3 aromatic heterocycles. The largest absolute Gasteiger partial charge is 0.357 e. The molecule has 4 heterocycles. The van der Waals surface area contributed by atoms with Crippen LogP contribution in [0.5, 0.6) is 0 Å². The fourth-order valence-corrected chi connectivity index (χ4v) is 4.42. The Kier molecular flexibility index (Phi) is 6.92. The van der Waals surface area contributed by atoms with E-state index >= 15 is 0 Å². The summed E-state index contributed by atoms with van der Waals surface area (Å²) in [5.41, 5.74) is 9.51. The van der Waals surface area contributed by atoms with Gasteiger partial charge in [-0.25, -0.2) is 9.97 Å². The number of nitrogens with zero attached hydrogens (tertiary/aromatic N) is 5. The van der Waals surface area contributed by atoms with Crippen LogP contribution in [0.15, 0.2) is 47.7 Å². The van der Waals surface area contributed by atoms with Crippen LogP contribution in [0, 0.1) is 6.92 Å². The van der Waals surface area contributed by atoms with Crippen LogP contribution < -0.4 is 16.6 Å². The van der Waals surface area contributed by atoms with Gasteiger partial charge in [0.15, 0.2) is 6.29 Å². The normalized spacial score (nSPS) is 17.9. The molecule has 1 fully saturated rings. The molecule has 0 atom stereocenters. The molecule has 0 bridgehead atoms. The van der Waals surface area contributed by atoms with Crippen molar-refractivity contribution in [2.75, 3.05) is 25.6 Å². The fourth-order valence-electron chi connectivity index (χ4n) is 4.13.